The van der Waals surface area contributed by atoms with Crippen molar-refractivity contribution in [2.75, 3.05) is 6.54 Å². The van der Waals surface area contributed by atoms with E-state index in [1.807, 2.05) is 0 Å². The minimum Gasteiger partial charge on any atom is -0.439 e. The predicted octanol–water partition coefficient (Wildman–Crippen LogP) is 3.52. The summed E-state index contributed by atoms with van der Waals surface area (Å²) < 4.78 is 32.3. The van der Waals surface area contributed by atoms with E-state index < -0.39 is 11.6 Å². The number of aromatic nitrogens is 2. The molecule has 0 N–H and O–H groups in total. The van der Waals surface area contributed by atoms with Gasteiger partial charge < -0.3 is 9.32 Å². The van der Waals surface area contributed by atoms with E-state index in [0.717, 1.165) is 6.20 Å². The van der Waals surface area contributed by atoms with Crippen molar-refractivity contribution in [3.8, 4) is 11.6 Å². The van der Waals surface area contributed by atoms with Gasteiger partial charge in [0.2, 0.25) is 5.89 Å². The van der Waals surface area contributed by atoms with Crippen molar-refractivity contribution in [2.24, 2.45) is 0 Å². The number of halogens is 2. The third-order valence-corrected chi connectivity index (χ3v) is 4.25. The molecule has 4 rings (SSSR count). The standard InChI is InChI=1S/C19H15F2N3O2/c1-11-6-12(8-14(21)7-11)19(25)24-5-4-17-16(10-24)23-18(26-17)15-3-2-13(20)9-22-15/h2-3,6-9H,4-5,10H2,1H3. The Kier molecular flexibility index (Phi) is 3.99. The van der Waals surface area contributed by atoms with Gasteiger partial charge in [0.15, 0.2) is 0 Å². The van der Waals surface area contributed by atoms with Crippen molar-refractivity contribution in [3.63, 3.8) is 0 Å². The molecule has 0 radical (unpaired) electrons. The maximum absolute atomic E-state index is 13.6. The quantitative estimate of drug-likeness (QED) is 0.706. The molecule has 5 nitrogen and oxygen atoms in total. The van der Waals surface area contributed by atoms with E-state index in [1.165, 1.54) is 24.3 Å². The van der Waals surface area contributed by atoms with Gasteiger partial charge in [0.1, 0.15) is 28.8 Å². The monoisotopic (exact) mass is 355 g/mol. The minimum absolute atomic E-state index is 0.247. The van der Waals surface area contributed by atoms with Gasteiger partial charge in [-0.05, 0) is 42.8 Å². The maximum Gasteiger partial charge on any atom is 0.254 e. The highest BCUT2D eigenvalue weighted by Crippen LogP contribution is 2.26. The van der Waals surface area contributed by atoms with E-state index in [-0.39, 0.29) is 12.5 Å². The molecule has 0 spiro atoms. The van der Waals surface area contributed by atoms with Gasteiger partial charge in [0.05, 0.1) is 12.7 Å². The van der Waals surface area contributed by atoms with Crippen LogP contribution in [0.2, 0.25) is 0 Å². The van der Waals surface area contributed by atoms with Crippen LogP contribution in [0.15, 0.2) is 40.9 Å². The maximum atomic E-state index is 13.6. The molecule has 0 saturated carbocycles. The van der Waals surface area contributed by atoms with Crippen LogP contribution in [0, 0.1) is 18.6 Å². The van der Waals surface area contributed by atoms with Crippen LogP contribution < -0.4 is 0 Å². The number of oxazole rings is 1. The molecule has 0 fully saturated rings. The number of carbonyl (C=O) groups is 1. The van der Waals surface area contributed by atoms with Crippen LogP contribution in [0.25, 0.3) is 11.6 Å². The molecule has 0 saturated heterocycles. The first-order valence-electron chi connectivity index (χ1n) is 8.16. The molecule has 132 valence electrons. The zero-order valence-electron chi connectivity index (χ0n) is 14.0. The van der Waals surface area contributed by atoms with Gasteiger partial charge >= 0.3 is 0 Å². The largest absolute Gasteiger partial charge is 0.439 e. The second kappa shape index (κ2) is 6.33. The molecule has 0 atom stereocenters. The predicted molar refractivity (Wildman–Crippen MR) is 89.3 cm³/mol. The Balaban J connectivity index is 1.58. The Morgan fingerprint density at radius 1 is 1.19 bits per heavy atom. The lowest BCUT2D eigenvalue weighted by molar-refractivity contribution is 0.0727. The van der Waals surface area contributed by atoms with Crippen molar-refractivity contribution in [1.29, 1.82) is 0 Å². The molecule has 2 aromatic heterocycles. The second-order valence-electron chi connectivity index (χ2n) is 6.24. The number of fused-ring (bicyclic) bond motifs is 1. The second-order valence-corrected chi connectivity index (χ2v) is 6.24. The lowest BCUT2D eigenvalue weighted by atomic mass is 10.1. The summed E-state index contributed by atoms with van der Waals surface area (Å²) >= 11 is 0. The number of pyridine rings is 1. The van der Waals surface area contributed by atoms with E-state index in [9.17, 15) is 13.6 Å². The van der Waals surface area contributed by atoms with E-state index in [0.29, 0.717) is 47.1 Å². The molecule has 1 aliphatic heterocycles. The number of rotatable bonds is 2. The Labute approximate surface area is 148 Å². The molecular weight excluding hydrogens is 340 g/mol. The van der Waals surface area contributed by atoms with Crippen molar-refractivity contribution < 1.29 is 18.0 Å². The highest BCUT2D eigenvalue weighted by Gasteiger charge is 2.27. The number of carbonyl (C=O) groups excluding carboxylic acids is 1. The van der Waals surface area contributed by atoms with Crippen molar-refractivity contribution in [3.05, 3.63) is 70.7 Å². The molecule has 1 amide bonds. The van der Waals surface area contributed by atoms with Crippen LogP contribution in [0.1, 0.15) is 27.4 Å². The zero-order valence-corrected chi connectivity index (χ0v) is 14.0. The van der Waals surface area contributed by atoms with Crippen molar-refractivity contribution >= 4 is 5.91 Å². The minimum atomic E-state index is -0.438. The summed E-state index contributed by atoms with van der Waals surface area (Å²) in [4.78, 5) is 22.6. The van der Waals surface area contributed by atoms with Crippen LogP contribution in [0.3, 0.4) is 0 Å². The van der Waals surface area contributed by atoms with Crippen molar-refractivity contribution in [2.45, 2.75) is 19.9 Å². The number of amides is 1. The molecule has 3 heterocycles. The number of nitrogens with zero attached hydrogens (tertiary/aromatic N) is 3. The highest BCUT2D eigenvalue weighted by atomic mass is 19.1. The van der Waals surface area contributed by atoms with Gasteiger partial charge in [-0.15, -0.1) is 0 Å². The molecule has 26 heavy (non-hydrogen) atoms. The van der Waals surface area contributed by atoms with E-state index in [1.54, 1.807) is 17.9 Å². The summed E-state index contributed by atoms with van der Waals surface area (Å²) in [6.07, 6.45) is 1.60. The molecular formula is C19H15F2N3O2. The highest BCUT2D eigenvalue weighted by molar-refractivity contribution is 5.94. The van der Waals surface area contributed by atoms with Crippen LogP contribution in [-0.4, -0.2) is 27.3 Å². The lowest BCUT2D eigenvalue weighted by Crippen LogP contribution is -2.35. The number of benzene rings is 1. The molecule has 1 aromatic carbocycles. The molecule has 0 aliphatic carbocycles. The molecule has 7 heteroatoms. The van der Waals surface area contributed by atoms with E-state index >= 15 is 0 Å². The molecule has 3 aromatic rings. The fraction of sp³-hybridized carbons (Fsp3) is 0.211. The summed E-state index contributed by atoms with van der Waals surface area (Å²) in [5.74, 6) is -0.136. The van der Waals surface area contributed by atoms with Gasteiger partial charge in [-0.3, -0.25) is 4.79 Å². The van der Waals surface area contributed by atoms with Crippen LogP contribution in [-0.2, 0) is 13.0 Å². The summed E-state index contributed by atoms with van der Waals surface area (Å²) in [7, 11) is 0. The zero-order chi connectivity index (χ0) is 18.3. The Morgan fingerprint density at radius 2 is 2.04 bits per heavy atom. The SMILES string of the molecule is Cc1cc(F)cc(C(=O)N2CCc3oc(-c4ccc(F)cn4)nc3C2)c1. The van der Waals surface area contributed by atoms with Gasteiger partial charge in [-0.1, -0.05) is 0 Å². The summed E-state index contributed by atoms with van der Waals surface area (Å²) in [5, 5.41) is 0. The van der Waals surface area contributed by atoms with Crippen molar-refractivity contribution in [1.82, 2.24) is 14.9 Å². The van der Waals surface area contributed by atoms with Gasteiger partial charge in [0, 0.05) is 18.5 Å². The Hall–Kier alpha value is -3.09. The molecule has 0 bridgehead atoms. The van der Waals surface area contributed by atoms with Gasteiger partial charge in [-0.2, -0.15) is 0 Å². The molecule has 0 unspecified atom stereocenters. The Morgan fingerprint density at radius 3 is 2.77 bits per heavy atom. The third kappa shape index (κ3) is 3.08. The average molecular weight is 355 g/mol. The number of hydrogen-bond donors (Lipinski definition) is 0. The normalized spacial score (nSPS) is 13.6. The smallest absolute Gasteiger partial charge is 0.254 e. The van der Waals surface area contributed by atoms with Gasteiger partial charge in [0.25, 0.3) is 5.91 Å². The Bertz CT molecular complexity index is 963. The lowest BCUT2D eigenvalue weighted by Gasteiger charge is -2.25. The first-order chi connectivity index (χ1) is 12.5. The van der Waals surface area contributed by atoms with Crippen LogP contribution >= 0.6 is 0 Å². The number of aryl methyl sites for hydroxylation is 1. The summed E-state index contributed by atoms with van der Waals surface area (Å²) in [6.45, 7) is 2.47. The van der Waals surface area contributed by atoms with Gasteiger partial charge in [-0.25, -0.2) is 18.7 Å². The van der Waals surface area contributed by atoms with Crippen LogP contribution in [0.4, 0.5) is 8.78 Å². The first-order valence-corrected chi connectivity index (χ1v) is 8.16. The van der Waals surface area contributed by atoms with Crippen LogP contribution in [0.5, 0.6) is 0 Å². The summed E-state index contributed by atoms with van der Waals surface area (Å²) in [5.41, 5.74) is 2.07. The summed E-state index contributed by atoms with van der Waals surface area (Å²) in [6, 6.07) is 7.06. The third-order valence-electron chi connectivity index (χ3n) is 4.25. The number of hydrogen-bond acceptors (Lipinski definition) is 4. The average Bonchev–Trinajstić information content (AvgIpc) is 3.04. The first kappa shape index (κ1) is 16.4. The molecule has 1 aliphatic rings. The van der Waals surface area contributed by atoms with E-state index in [2.05, 4.69) is 9.97 Å². The fourth-order valence-electron chi connectivity index (χ4n) is 3.03. The fourth-order valence-corrected chi connectivity index (χ4v) is 3.03. The topological polar surface area (TPSA) is 59.2 Å². The van der Waals surface area contributed by atoms with E-state index in [4.69, 9.17) is 4.42 Å².